The van der Waals surface area contributed by atoms with E-state index < -0.39 is 0 Å². The minimum Gasteiger partial charge on any atom is -0.489 e. The van der Waals surface area contributed by atoms with Gasteiger partial charge in [-0.2, -0.15) is 0 Å². The molecule has 3 N–H and O–H groups in total. The Morgan fingerprint density at radius 2 is 2.20 bits per heavy atom. The van der Waals surface area contributed by atoms with Crippen LogP contribution in [-0.2, 0) is 0 Å². The van der Waals surface area contributed by atoms with Gasteiger partial charge in [0.1, 0.15) is 11.9 Å². The number of hydrogen-bond acceptors (Lipinski definition) is 3. The van der Waals surface area contributed by atoms with Gasteiger partial charge in [-0.05, 0) is 38.5 Å². The number of amides is 2. The Morgan fingerprint density at radius 1 is 1.45 bits per heavy atom. The van der Waals surface area contributed by atoms with E-state index in [0.717, 1.165) is 0 Å². The van der Waals surface area contributed by atoms with Gasteiger partial charge in [-0.1, -0.05) is 17.7 Å². The lowest BCUT2D eigenvalue weighted by Gasteiger charge is -2.17. The predicted octanol–water partition coefficient (Wildman–Crippen LogP) is 2.18. The highest BCUT2D eigenvalue weighted by molar-refractivity contribution is 6.30. The zero-order chi connectivity index (χ0) is 15.0. The van der Waals surface area contributed by atoms with Crippen molar-refractivity contribution in [2.24, 2.45) is 0 Å². The van der Waals surface area contributed by atoms with E-state index in [2.05, 4.69) is 10.6 Å². The van der Waals surface area contributed by atoms with Crippen molar-refractivity contribution in [1.82, 2.24) is 10.6 Å². The zero-order valence-electron chi connectivity index (χ0n) is 11.7. The van der Waals surface area contributed by atoms with Crippen LogP contribution in [0.5, 0.6) is 5.75 Å². The quantitative estimate of drug-likeness (QED) is 0.723. The largest absolute Gasteiger partial charge is 0.489 e. The first kappa shape index (κ1) is 16.6. The van der Waals surface area contributed by atoms with Crippen LogP contribution in [0.15, 0.2) is 24.3 Å². The third kappa shape index (κ3) is 6.63. The summed E-state index contributed by atoms with van der Waals surface area (Å²) in [5, 5.41) is 14.8. The third-order valence-electron chi connectivity index (χ3n) is 2.62. The monoisotopic (exact) mass is 300 g/mol. The molecule has 1 aromatic carbocycles. The Bertz CT molecular complexity index is 429. The van der Waals surface area contributed by atoms with Crippen molar-refractivity contribution in [2.45, 2.75) is 32.4 Å². The second-order valence-electron chi connectivity index (χ2n) is 4.65. The maximum Gasteiger partial charge on any atom is 0.315 e. The van der Waals surface area contributed by atoms with Crippen molar-refractivity contribution in [3.8, 4) is 5.75 Å². The second-order valence-corrected chi connectivity index (χ2v) is 5.09. The number of halogens is 1. The van der Waals surface area contributed by atoms with Crippen molar-refractivity contribution < 1.29 is 14.6 Å². The standard InChI is InChI=1S/C14H21ClN2O3/c1-10(6-7-18)17-14(19)16-9-11(2)20-13-5-3-4-12(15)8-13/h3-5,8,10-11,18H,6-7,9H2,1-2H3,(H2,16,17,19)/t10-,11?/m1/s1. The lowest BCUT2D eigenvalue weighted by atomic mass is 10.2. The molecule has 1 rings (SSSR count). The molecule has 0 aromatic heterocycles. The van der Waals surface area contributed by atoms with Crippen LogP contribution in [0.4, 0.5) is 4.79 Å². The highest BCUT2D eigenvalue weighted by Gasteiger charge is 2.09. The summed E-state index contributed by atoms with van der Waals surface area (Å²) in [7, 11) is 0. The molecule has 0 bridgehead atoms. The minimum absolute atomic E-state index is 0.0513. The molecule has 0 saturated carbocycles. The predicted molar refractivity (Wildman–Crippen MR) is 79.2 cm³/mol. The molecule has 0 aliphatic carbocycles. The fourth-order valence-corrected chi connectivity index (χ4v) is 1.77. The first-order chi connectivity index (χ1) is 9.51. The molecule has 0 aliphatic rings. The van der Waals surface area contributed by atoms with Crippen LogP contribution in [0, 0.1) is 0 Å². The van der Waals surface area contributed by atoms with Gasteiger partial charge < -0.3 is 20.5 Å². The smallest absolute Gasteiger partial charge is 0.315 e. The topological polar surface area (TPSA) is 70.6 Å². The molecular weight excluding hydrogens is 280 g/mol. The van der Waals surface area contributed by atoms with E-state index >= 15 is 0 Å². The number of aliphatic hydroxyl groups is 1. The van der Waals surface area contributed by atoms with Gasteiger partial charge in [-0.25, -0.2) is 4.79 Å². The number of ether oxygens (including phenoxy) is 1. The first-order valence-electron chi connectivity index (χ1n) is 6.58. The summed E-state index contributed by atoms with van der Waals surface area (Å²) in [6.45, 7) is 4.12. The van der Waals surface area contributed by atoms with Crippen LogP contribution < -0.4 is 15.4 Å². The summed E-state index contributed by atoms with van der Waals surface area (Å²) in [6, 6.07) is 6.78. The van der Waals surface area contributed by atoms with Gasteiger partial charge in [0.25, 0.3) is 0 Å². The summed E-state index contributed by atoms with van der Waals surface area (Å²) < 4.78 is 5.63. The van der Waals surface area contributed by atoms with Crippen LogP contribution in [0.2, 0.25) is 5.02 Å². The molecule has 5 nitrogen and oxygen atoms in total. The third-order valence-corrected chi connectivity index (χ3v) is 2.86. The van der Waals surface area contributed by atoms with E-state index in [1.54, 1.807) is 18.2 Å². The van der Waals surface area contributed by atoms with Crippen molar-refractivity contribution in [1.29, 1.82) is 0 Å². The molecule has 2 atom stereocenters. The molecule has 0 aliphatic heterocycles. The number of hydrogen-bond donors (Lipinski definition) is 3. The summed E-state index contributed by atoms with van der Waals surface area (Å²) in [5.74, 6) is 0.667. The van der Waals surface area contributed by atoms with Crippen molar-refractivity contribution in [3.63, 3.8) is 0 Å². The van der Waals surface area contributed by atoms with Gasteiger partial charge >= 0.3 is 6.03 Å². The first-order valence-corrected chi connectivity index (χ1v) is 6.96. The number of carbonyl (C=O) groups is 1. The molecule has 1 unspecified atom stereocenters. The Hall–Kier alpha value is -1.46. The summed E-state index contributed by atoms with van der Waals surface area (Å²) in [4.78, 5) is 11.6. The molecule has 2 amide bonds. The van der Waals surface area contributed by atoms with Crippen molar-refractivity contribution >= 4 is 17.6 Å². The van der Waals surface area contributed by atoms with Crippen molar-refractivity contribution in [3.05, 3.63) is 29.3 Å². The maximum atomic E-state index is 11.6. The molecule has 0 radical (unpaired) electrons. The van der Waals surface area contributed by atoms with Gasteiger partial charge in [0, 0.05) is 17.7 Å². The van der Waals surface area contributed by atoms with Gasteiger partial charge in [-0.3, -0.25) is 0 Å². The van der Waals surface area contributed by atoms with Crippen LogP contribution in [-0.4, -0.2) is 36.4 Å². The number of urea groups is 1. The number of benzene rings is 1. The molecule has 0 heterocycles. The van der Waals surface area contributed by atoms with Crippen molar-refractivity contribution in [2.75, 3.05) is 13.2 Å². The number of nitrogens with one attached hydrogen (secondary N) is 2. The SMILES string of the molecule is CC(CNC(=O)N[C@H](C)CCO)Oc1cccc(Cl)c1. The fraction of sp³-hybridized carbons (Fsp3) is 0.500. The average molecular weight is 301 g/mol. The molecule has 1 aromatic rings. The Labute approximate surface area is 124 Å². The maximum absolute atomic E-state index is 11.6. The number of carbonyl (C=O) groups excluding carboxylic acids is 1. The molecular formula is C14H21ClN2O3. The number of aliphatic hydroxyl groups excluding tert-OH is 1. The molecule has 0 spiro atoms. The average Bonchev–Trinajstić information content (AvgIpc) is 2.36. The summed E-state index contributed by atoms with van der Waals surface area (Å²) in [5.41, 5.74) is 0. The molecule has 6 heteroatoms. The van der Waals surface area contributed by atoms with E-state index in [0.29, 0.717) is 23.7 Å². The minimum atomic E-state index is -0.271. The lowest BCUT2D eigenvalue weighted by Crippen LogP contribution is -2.44. The number of rotatable bonds is 7. The summed E-state index contributed by atoms with van der Waals surface area (Å²) >= 11 is 5.86. The second kappa shape index (κ2) is 8.66. The van der Waals surface area contributed by atoms with Gasteiger partial charge in [-0.15, -0.1) is 0 Å². The molecule has 20 heavy (non-hydrogen) atoms. The molecule has 112 valence electrons. The van der Waals surface area contributed by atoms with E-state index in [-0.39, 0.29) is 24.8 Å². The Kier molecular flexibility index (Phi) is 7.18. The molecule has 0 fully saturated rings. The molecule has 0 saturated heterocycles. The van der Waals surface area contributed by atoms with E-state index in [1.807, 2.05) is 19.9 Å². The lowest BCUT2D eigenvalue weighted by molar-refractivity contribution is 0.204. The van der Waals surface area contributed by atoms with Crippen LogP contribution >= 0.6 is 11.6 Å². The van der Waals surface area contributed by atoms with Gasteiger partial charge in [0.05, 0.1) is 6.54 Å². The zero-order valence-corrected chi connectivity index (χ0v) is 12.5. The van der Waals surface area contributed by atoms with Gasteiger partial charge in [0.15, 0.2) is 0 Å². The summed E-state index contributed by atoms with van der Waals surface area (Å²) in [6.07, 6.45) is 0.356. The van der Waals surface area contributed by atoms with E-state index in [9.17, 15) is 4.79 Å². The van der Waals surface area contributed by atoms with E-state index in [4.69, 9.17) is 21.4 Å². The normalized spacial score (nSPS) is 13.4. The Balaban J connectivity index is 2.29. The highest BCUT2D eigenvalue weighted by atomic mass is 35.5. The Morgan fingerprint density at radius 3 is 2.85 bits per heavy atom. The van der Waals surface area contributed by atoms with E-state index in [1.165, 1.54) is 0 Å². The van der Waals surface area contributed by atoms with Gasteiger partial charge in [0.2, 0.25) is 0 Å². The van der Waals surface area contributed by atoms with Crippen LogP contribution in [0.1, 0.15) is 20.3 Å². The van der Waals surface area contributed by atoms with Crippen LogP contribution in [0.25, 0.3) is 0 Å². The highest BCUT2D eigenvalue weighted by Crippen LogP contribution is 2.18. The fourth-order valence-electron chi connectivity index (χ4n) is 1.59. The van der Waals surface area contributed by atoms with Crippen LogP contribution in [0.3, 0.4) is 0 Å².